The van der Waals surface area contributed by atoms with E-state index in [4.69, 9.17) is 23.2 Å². The van der Waals surface area contributed by atoms with Gasteiger partial charge >= 0.3 is 0 Å². The first-order chi connectivity index (χ1) is 8.37. The smallest absolute Gasteiger partial charge is 0.176 e. The predicted octanol–water partition coefficient (Wildman–Crippen LogP) is 3.91. The van der Waals surface area contributed by atoms with Crippen molar-refractivity contribution in [3.63, 3.8) is 0 Å². The second-order valence-corrected chi connectivity index (χ2v) is 6.49. The molecule has 2 rings (SSSR count). The Balaban J connectivity index is 2.02. The summed E-state index contributed by atoms with van der Waals surface area (Å²) in [6, 6.07) is 5.05. The van der Waals surface area contributed by atoms with Gasteiger partial charge in [-0.2, -0.15) is 0 Å². The Morgan fingerprint density at radius 1 is 1.33 bits per heavy atom. The van der Waals surface area contributed by atoms with Gasteiger partial charge in [-0.15, -0.1) is 0 Å². The van der Waals surface area contributed by atoms with Crippen molar-refractivity contribution in [2.24, 2.45) is 5.41 Å². The first-order valence-electron chi connectivity index (χ1n) is 6.08. The van der Waals surface area contributed by atoms with Crippen LogP contribution in [-0.2, 0) is 0 Å². The second-order valence-electron chi connectivity index (χ2n) is 5.68. The third-order valence-corrected chi connectivity index (χ3v) is 4.10. The molecule has 0 bridgehead atoms. The highest BCUT2D eigenvalue weighted by Gasteiger charge is 2.30. The van der Waals surface area contributed by atoms with Crippen molar-refractivity contribution in [2.75, 3.05) is 19.6 Å². The third kappa shape index (κ3) is 3.25. The Kier molecular flexibility index (Phi) is 4.00. The van der Waals surface area contributed by atoms with Crippen molar-refractivity contribution < 1.29 is 4.79 Å². The van der Waals surface area contributed by atoms with E-state index in [2.05, 4.69) is 18.7 Å². The van der Waals surface area contributed by atoms with Gasteiger partial charge in [-0.05, 0) is 36.6 Å². The van der Waals surface area contributed by atoms with Crippen LogP contribution in [0.2, 0.25) is 10.0 Å². The molecule has 1 heterocycles. The molecule has 1 saturated heterocycles. The van der Waals surface area contributed by atoms with Crippen LogP contribution in [0.3, 0.4) is 0 Å². The SMILES string of the molecule is CC1(C)CCN(CC(=O)c2ccc(Cl)c(Cl)c2)C1. The molecular formula is C14H17Cl2NO. The van der Waals surface area contributed by atoms with Crippen LogP contribution in [0.25, 0.3) is 0 Å². The molecule has 2 nitrogen and oxygen atoms in total. The lowest BCUT2D eigenvalue weighted by Crippen LogP contribution is -2.29. The number of rotatable bonds is 3. The number of benzene rings is 1. The number of hydrogen-bond donors (Lipinski definition) is 0. The number of Topliss-reactive ketones (excluding diaryl/α,β-unsaturated/α-hetero) is 1. The maximum Gasteiger partial charge on any atom is 0.176 e. The number of ketones is 1. The van der Waals surface area contributed by atoms with Gasteiger partial charge < -0.3 is 0 Å². The van der Waals surface area contributed by atoms with Gasteiger partial charge in [-0.3, -0.25) is 9.69 Å². The van der Waals surface area contributed by atoms with Gasteiger partial charge in [0.1, 0.15) is 0 Å². The minimum Gasteiger partial charge on any atom is -0.295 e. The molecule has 98 valence electrons. The number of likely N-dealkylation sites (tertiary alicyclic amines) is 1. The fourth-order valence-electron chi connectivity index (χ4n) is 2.32. The van der Waals surface area contributed by atoms with Crippen molar-refractivity contribution in [1.82, 2.24) is 4.90 Å². The lowest BCUT2D eigenvalue weighted by Gasteiger charge is -2.19. The Morgan fingerprint density at radius 2 is 2.06 bits per heavy atom. The van der Waals surface area contributed by atoms with Crippen LogP contribution < -0.4 is 0 Å². The fourth-order valence-corrected chi connectivity index (χ4v) is 2.62. The van der Waals surface area contributed by atoms with Crippen LogP contribution in [-0.4, -0.2) is 30.3 Å². The van der Waals surface area contributed by atoms with Crippen molar-refractivity contribution in [2.45, 2.75) is 20.3 Å². The summed E-state index contributed by atoms with van der Waals surface area (Å²) in [5.74, 6) is 0.103. The molecule has 4 heteroatoms. The molecule has 0 aromatic heterocycles. The molecule has 0 amide bonds. The molecule has 0 aliphatic carbocycles. The topological polar surface area (TPSA) is 20.3 Å². The van der Waals surface area contributed by atoms with E-state index in [0.717, 1.165) is 19.5 Å². The third-order valence-electron chi connectivity index (χ3n) is 3.37. The summed E-state index contributed by atoms with van der Waals surface area (Å²) in [4.78, 5) is 14.3. The first-order valence-corrected chi connectivity index (χ1v) is 6.84. The van der Waals surface area contributed by atoms with E-state index in [1.807, 2.05) is 0 Å². The normalized spacial score (nSPS) is 19.1. The molecule has 18 heavy (non-hydrogen) atoms. The van der Waals surface area contributed by atoms with Crippen LogP contribution in [0, 0.1) is 5.41 Å². The van der Waals surface area contributed by atoms with E-state index >= 15 is 0 Å². The Labute approximate surface area is 118 Å². The van der Waals surface area contributed by atoms with Crippen molar-refractivity contribution in [3.8, 4) is 0 Å². The number of halogens is 2. The minimum atomic E-state index is 0.103. The molecule has 0 N–H and O–H groups in total. The highest BCUT2D eigenvalue weighted by atomic mass is 35.5. The van der Waals surface area contributed by atoms with Crippen LogP contribution in [0.4, 0.5) is 0 Å². The van der Waals surface area contributed by atoms with Gasteiger partial charge in [0.2, 0.25) is 0 Å². The molecule has 1 aliphatic rings. The zero-order chi connectivity index (χ0) is 13.3. The highest BCUT2D eigenvalue weighted by Crippen LogP contribution is 2.29. The molecule has 1 fully saturated rings. The van der Waals surface area contributed by atoms with Crippen LogP contribution in [0.5, 0.6) is 0 Å². The summed E-state index contributed by atoms with van der Waals surface area (Å²) in [5.41, 5.74) is 0.951. The minimum absolute atomic E-state index is 0.103. The Morgan fingerprint density at radius 3 is 2.61 bits per heavy atom. The molecule has 0 radical (unpaired) electrons. The van der Waals surface area contributed by atoms with E-state index < -0.39 is 0 Å². The lowest BCUT2D eigenvalue weighted by molar-refractivity contribution is 0.0940. The average Bonchev–Trinajstić information content (AvgIpc) is 2.62. The van der Waals surface area contributed by atoms with Gasteiger partial charge in [-0.1, -0.05) is 37.0 Å². The standard InChI is InChI=1S/C14H17Cl2NO/c1-14(2)5-6-17(9-14)8-13(18)10-3-4-11(15)12(16)7-10/h3-4,7H,5-6,8-9H2,1-2H3. The van der Waals surface area contributed by atoms with Gasteiger partial charge in [0.15, 0.2) is 5.78 Å². The number of hydrogen-bond acceptors (Lipinski definition) is 2. The van der Waals surface area contributed by atoms with Gasteiger partial charge in [0.25, 0.3) is 0 Å². The second kappa shape index (κ2) is 5.20. The molecule has 0 unspecified atom stereocenters. The number of carbonyl (C=O) groups excluding carboxylic acids is 1. The Bertz CT molecular complexity index is 471. The average molecular weight is 286 g/mol. The zero-order valence-corrected chi connectivity index (χ0v) is 12.2. The van der Waals surface area contributed by atoms with Gasteiger partial charge in [-0.25, -0.2) is 0 Å². The molecule has 0 saturated carbocycles. The van der Waals surface area contributed by atoms with Gasteiger partial charge in [0.05, 0.1) is 16.6 Å². The van der Waals surface area contributed by atoms with Crippen molar-refractivity contribution in [3.05, 3.63) is 33.8 Å². The summed E-state index contributed by atoms with van der Waals surface area (Å²) in [5, 5.41) is 0.916. The van der Waals surface area contributed by atoms with Crippen LogP contribution in [0.15, 0.2) is 18.2 Å². The molecule has 1 aromatic carbocycles. The van der Waals surface area contributed by atoms with Crippen LogP contribution in [0.1, 0.15) is 30.6 Å². The summed E-state index contributed by atoms with van der Waals surface area (Å²) in [6.45, 7) is 6.88. The molecule has 0 spiro atoms. The largest absolute Gasteiger partial charge is 0.295 e. The molecule has 1 aliphatic heterocycles. The van der Waals surface area contributed by atoms with E-state index in [-0.39, 0.29) is 5.78 Å². The summed E-state index contributed by atoms with van der Waals surface area (Å²) in [7, 11) is 0. The predicted molar refractivity (Wildman–Crippen MR) is 75.6 cm³/mol. The summed E-state index contributed by atoms with van der Waals surface area (Å²) in [6.07, 6.45) is 1.14. The fraction of sp³-hybridized carbons (Fsp3) is 0.500. The highest BCUT2D eigenvalue weighted by molar-refractivity contribution is 6.42. The van der Waals surface area contributed by atoms with E-state index in [9.17, 15) is 4.79 Å². The maximum absolute atomic E-state index is 12.1. The van der Waals surface area contributed by atoms with Gasteiger partial charge in [0, 0.05) is 12.1 Å². The van der Waals surface area contributed by atoms with Crippen LogP contribution >= 0.6 is 23.2 Å². The van der Waals surface area contributed by atoms with E-state index in [1.165, 1.54) is 0 Å². The quantitative estimate of drug-likeness (QED) is 0.785. The molecule has 0 atom stereocenters. The Hall–Kier alpha value is -0.570. The number of nitrogens with zero attached hydrogens (tertiary/aromatic N) is 1. The first kappa shape index (κ1) is 13.9. The lowest BCUT2D eigenvalue weighted by atomic mass is 9.93. The number of carbonyl (C=O) groups is 1. The monoisotopic (exact) mass is 285 g/mol. The van der Waals surface area contributed by atoms with Crippen molar-refractivity contribution >= 4 is 29.0 Å². The zero-order valence-electron chi connectivity index (χ0n) is 10.7. The summed E-state index contributed by atoms with van der Waals surface area (Å²) >= 11 is 11.8. The molecule has 1 aromatic rings. The van der Waals surface area contributed by atoms with E-state index in [0.29, 0.717) is 27.6 Å². The maximum atomic E-state index is 12.1. The summed E-state index contributed by atoms with van der Waals surface area (Å²) < 4.78 is 0. The van der Waals surface area contributed by atoms with E-state index in [1.54, 1.807) is 18.2 Å². The molecular weight excluding hydrogens is 269 g/mol. The van der Waals surface area contributed by atoms with Crippen molar-refractivity contribution in [1.29, 1.82) is 0 Å².